The highest BCUT2D eigenvalue weighted by atomic mass is 16.2. The molecule has 6 nitrogen and oxygen atoms in total. The molecule has 1 aliphatic heterocycles. The Morgan fingerprint density at radius 3 is 2.50 bits per heavy atom. The van der Waals surface area contributed by atoms with Gasteiger partial charge in [-0.2, -0.15) is 0 Å². The van der Waals surface area contributed by atoms with Gasteiger partial charge in [-0.1, -0.05) is 0 Å². The fourth-order valence-corrected chi connectivity index (χ4v) is 2.16. The van der Waals surface area contributed by atoms with Crippen LogP contribution in [-0.4, -0.2) is 42.3 Å². The molecule has 0 spiro atoms. The molecular weight excluding hydrogens is 210 g/mol. The Hall–Kier alpha value is -1.43. The minimum Gasteiger partial charge on any atom is -0.368 e. The van der Waals surface area contributed by atoms with E-state index in [0.29, 0.717) is 12.8 Å². The molecule has 0 aromatic rings. The number of carbonyl (C=O) groups excluding carboxylic acids is 3. The summed E-state index contributed by atoms with van der Waals surface area (Å²) in [5.74, 6) is -0.793. The van der Waals surface area contributed by atoms with Crippen LogP contribution in [0.1, 0.15) is 12.8 Å². The lowest BCUT2D eigenvalue weighted by molar-refractivity contribution is -0.141. The van der Waals surface area contributed by atoms with Crippen molar-refractivity contribution in [1.82, 2.24) is 10.2 Å². The van der Waals surface area contributed by atoms with Crippen molar-refractivity contribution in [2.75, 3.05) is 13.6 Å². The van der Waals surface area contributed by atoms with Crippen LogP contribution in [0.4, 0.5) is 0 Å². The van der Waals surface area contributed by atoms with E-state index < -0.39 is 11.9 Å². The minimum absolute atomic E-state index is 0.0749. The number of piperidine rings is 1. The summed E-state index contributed by atoms with van der Waals surface area (Å²) >= 11 is 0. The SMILES string of the molecule is CNC(CCN1C(=O)C2CC2C1=O)C(N)=O. The second kappa shape index (κ2) is 3.86. The first-order valence-corrected chi connectivity index (χ1v) is 5.38. The van der Waals surface area contributed by atoms with Gasteiger partial charge in [0.2, 0.25) is 17.7 Å². The van der Waals surface area contributed by atoms with Gasteiger partial charge in [0.1, 0.15) is 0 Å². The van der Waals surface area contributed by atoms with E-state index in [0.717, 1.165) is 0 Å². The Balaban J connectivity index is 1.89. The first-order valence-electron chi connectivity index (χ1n) is 5.38. The van der Waals surface area contributed by atoms with Crippen LogP contribution < -0.4 is 11.1 Å². The van der Waals surface area contributed by atoms with Crippen molar-refractivity contribution in [3.63, 3.8) is 0 Å². The predicted octanol–water partition coefficient (Wildman–Crippen LogP) is -1.55. The maximum atomic E-state index is 11.6. The number of amides is 3. The second-order valence-corrected chi connectivity index (χ2v) is 4.31. The monoisotopic (exact) mass is 225 g/mol. The van der Waals surface area contributed by atoms with Gasteiger partial charge in [0, 0.05) is 6.54 Å². The summed E-state index contributed by atoms with van der Waals surface area (Å²) in [6.07, 6.45) is 1.09. The van der Waals surface area contributed by atoms with Gasteiger partial charge in [0.25, 0.3) is 0 Å². The van der Waals surface area contributed by atoms with E-state index in [1.165, 1.54) is 4.90 Å². The molecule has 0 radical (unpaired) electrons. The fraction of sp³-hybridized carbons (Fsp3) is 0.700. The number of hydrogen-bond donors (Lipinski definition) is 2. The summed E-state index contributed by atoms with van der Waals surface area (Å²) in [4.78, 5) is 35.4. The third-order valence-corrected chi connectivity index (χ3v) is 3.29. The van der Waals surface area contributed by atoms with Crippen LogP contribution in [0.3, 0.4) is 0 Å². The first kappa shape index (κ1) is 11.1. The molecule has 3 unspecified atom stereocenters. The third kappa shape index (κ3) is 1.69. The van der Waals surface area contributed by atoms with Crippen molar-refractivity contribution < 1.29 is 14.4 Å². The van der Waals surface area contributed by atoms with Crippen LogP contribution in [0.15, 0.2) is 0 Å². The largest absolute Gasteiger partial charge is 0.368 e. The van der Waals surface area contributed by atoms with Crippen LogP contribution in [-0.2, 0) is 14.4 Å². The number of rotatable bonds is 5. The molecule has 2 rings (SSSR count). The van der Waals surface area contributed by atoms with Gasteiger partial charge in [-0.3, -0.25) is 19.3 Å². The van der Waals surface area contributed by atoms with E-state index in [-0.39, 0.29) is 30.2 Å². The molecule has 88 valence electrons. The molecule has 3 N–H and O–H groups in total. The average Bonchev–Trinajstić information content (AvgIpc) is 2.97. The van der Waals surface area contributed by atoms with E-state index in [9.17, 15) is 14.4 Å². The number of primary amides is 1. The summed E-state index contributed by atoms with van der Waals surface area (Å²) in [7, 11) is 1.63. The summed E-state index contributed by atoms with van der Waals surface area (Å²) in [6.45, 7) is 0.277. The van der Waals surface area contributed by atoms with Gasteiger partial charge in [-0.05, 0) is 19.9 Å². The number of imide groups is 1. The number of carbonyl (C=O) groups is 3. The molecule has 1 saturated heterocycles. The quantitative estimate of drug-likeness (QED) is 0.554. The number of fused-ring (bicyclic) bond motifs is 1. The molecule has 0 bridgehead atoms. The van der Waals surface area contributed by atoms with Crippen LogP contribution in [0.25, 0.3) is 0 Å². The van der Waals surface area contributed by atoms with Gasteiger partial charge < -0.3 is 11.1 Å². The van der Waals surface area contributed by atoms with E-state index >= 15 is 0 Å². The van der Waals surface area contributed by atoms with E-state index in [2.05, 4.69) is 5.32 Å². The molecule has 1 heterocycles. The minimum atomic E-state index is -0.488. The molecule has 3 amide bonds. The molecule has 1 aliphatic carbocycles. The molecule has 2 aliphatic rings. The maximum Gasteiger partial charge on any atom is 0.234 e. The molecule has 0 aromatic heterocycles. The molecule has 0 aromatic carbocycles. The van der Waals surface area contributed by atoms with Crippen molar-refractivity contribution in [2.24, 2.45) is 17.6 Å². The highest BCUT2D eigenvalue weighted by molar-refractivity contribution is 6.08. The summed E-state index contributed by atoms with van der Waals surface area (Å²) in [5.41, 5.74) is 5.15. The number of hydrogen-bond acceptors (Lipinski definition) is 4. The van der Waals surface area contributed by atoms with Crippen LogP contribution >= 0.6 is 0 Å². The summed E-state index contributed by atoms with van der Waals surface area (Å²) in [6, 6.07) is -0.488. The lowest BCUT2D eigenvalue weighted by atomic mass is 10.2. The second-order valence-electron chi connectivity index (χ2n) is 4.31. The summed E-state index contributed by atoms with van der Waals surface area (Å²) < 4.78 is 0. The van der Waals surface area contributed by atoms with Crippen molar-refractivity contribution in [3.8, 4) is 0 Å². The standard InChI is InChI=1S/C10H15N3O3/c1-12-7(8(11)14)2-3-13-9(15)5-4-6(5)10(13)16/h5-7,12H,2-4H2,1H3,(H2,11,14). The van der Waals surface area contributed by atoms with E-state index in [1.54, 1.807) is 7.05 Å². The van der Waals surface area contributed by atoms with Crippen LogP contribution in [0.5, 0.6) is 0 Å². The van der Waals surface area contributed by atoms with Crippen molar-refractivity contribution in [3.05, 3.63) is 0 Å². The zero-order valence-electron chi connectivity index (χ0n) is 9.10. The number of nitrogens with two attached hydrogens (primary N) is 1. The summed E-state index contributed by atoms with van der Waals surface area (Å²) in [5, 5.41) is 2.75. The Kier molecular flexibility index (Phi) is 2.67. The number of likely N-dealkylation sites (N-methyl/N-ethyl adjacent to an activating group) is 1. The number of likely N-dealkylation sites (tertiary alicyclic amines) is 1. The van der Waals surface area contributed by atoms with Gasteiger partial charge in [0.15, 0.2) is 0 Å². The van der Waals surface area contributed by atoms with Crippen LogP contribution in [0, 0.1) is 11.8 Å². The normalized spacial score (nSPS) is 29.2. The Labute approximate surface area is 93.1 Å². The zero-order chi connectivity index (χ0) is 11.9. The van der Waals surface area contributed by atoms with Crippen molar-refractivity contribution in [2.45, 2.75) is 18.9 Å². The van der Waals surface area contributed by atoms with E-state index in [1.807, 2.05) is 0 Å². The lowest BCUT2D eigenvalue weighted by Gasteiger charge is -2.19. The topological polar surface area (TPSA) is 92.5 Å². The molecule has 2 fully saturated rings. The van der Waals surface area contributed by atoms with Crippen LogP contribution in [0.2, 0.25) is 0 Å². The Morgan fingerprint density at radius 2 is 2.06 bits per heavy atom. The number of nitrogens with zero attached hydrogens (tertiary/aromatic N) is 1. The molecule has 3 atom stereocenters. The molecule has 6 heteroatoms. The average molecular weight is 225 g/mol. The van der Waals surface area contributed by atoms with Gasteiger partial charge in [-0.15, -0.1) is 0 Å². The van der Waals surface area contributed by atoms with Gasteiger partial charge in [-0.25, -0.2) is 0 Å². The Bertz CT molecular complexity index is 335. The van der Waals surface area contributed by atoms with E-state index in [4.69, 9.17) is 5.73 Å². The lowest BCUT2D eigenvalue weighted by Crippen LogP contribution is -2.43. The predicted molar refractivity (Wildman–Crippen MR) is 55.0 cm³/mol. The first-order chi connectivity index (χ1) is 7.56. The van der Waals surface area contributed by atoms with Gasteiger partial charge >= 0.3 is 0 Å². The Morgan fingerprint density at radius 1 is 1.50 bits per heavy atom. The fourth-order valence-electron chi connectivity index (χ4n) is 2.16. The zero-order valence-corrected chi connectivity index (χ0v) is 9.10. The van der Waals surface area contributed by atoms with Crippen molar-refractivity contribution in [1.29, 1.82) is 0 Å². The molecule has 1 saturated carbocycles. The highest BCUT2D eigenvalue weighted by Crippen LogP contribution is 2.46. The number of nitrogens with one attached hydrogen (secondary N) is 1. The van der Waals surface area contributed by atoms with Gasteiger partial charge in [0.05, 0.1) is 17.9 Å². The molecular formula is C10H15N3O3. The highest BCUT2D eigenvalue weighted by Gasteiger charge is 2.58. The molecule has 16 heavy (non-hydrogen) atoms. The maximum absolute atomic E-state index is 11.6. The van der Waals surface area contributed by atoms with Crippen molar-refractivity contribution >= 4 is 17.7 Å². The third-order valence-electron chi connectivity index (χ3n) is 3.29. The smallest absolute Gasteiger partial charge is 0.234 e.